The second-order valence-electron chi connectivity index (χ2n) is 6.43. The van der Waals surface area contributed by atoms with E-state index in [4.69, 9.17) is 11.6 Å². The zero-order valence-corrected chi connectivity index (χ0v) is 15.4. The van der Waals surface area contributed by atoms with E-state index >= 15 is 0 Å². The molecule has 1 atom stereocenters. The van der Waals surface area contributed by atoms with Crippen molar-refractivity contribution in [1.29, 1.82) is 0 Å². The van der Waals surface area contributed by atoms with Crippen molar-refractivity contribution in [2.75, 3.05) is 18.4 Å². The molecule has 1 N–H and O–H groups in total. The fourth-order valence-corrected chi connectivity index (χ4v) is 3.61. The average molecular weight is 390 g/mol. The summed E-state index contributed by atoms with van der Waals surface area (Å²) in [5.41, 5.74) is 2.46. The number of hydrogen-bond acceptors (Lipinski definition) is 3. The minimum atomic E-state index is 0. The van der Waals surface area contributed by atoms with Gasteiger partial charge in [-0.15, -0.1) is 12.4 Å². The van der Waals surface area contributed by atoms with Gasteiger partial charge in [0.1, 0.15) is 0 Å². The number of fused-ring (bicyclic) bond motifs is 1. The Hall–Kier alpha value is -1.81. The zero-order chi connectivity index (χ0) is 16.4. The molecule has 1 aromatic heterocycles. The predicted molar refractivity (Wildman–Crippen MR) is 114 cm³/mol. The van der Waals surface area contributed by atoms with Crippen LogP contribution in [0.15, 0.2) is 60.9 Å². The summed E-state index contributed by atoms with van der Waals surface area (Å²) in [5.74, 6) is 0. The van der Waals surface area contributed by atoms with Gasteiger partial charge in [-0.2, -0.15) is 0 Å². The number of pyridine rings is 1. The molecule has 0 saturated carbocycles. The lowest BCUT2D eigenvalue weighted by Crippen LogP contribution is -2.25. The Morgan fingerprint density at radius 2 is 2.00 bits per heavy atom. The fraction of sp³-hybridized carbons (Fsp3) is 0.286. The molecule has 2 heterocycles. The third kappa shape index (κ3) is 4.88. The van der Waals surface area contributed by atoms with Gasteiger partial charge in [-0.25, -0.2) is 0 Å². The van der Waals surface area contributed by atoms with Crippen LogP contribution in [0.2, 0.25) is 5.02 Å². The molecule has 3 nitrogen and oxygen atoms in total. The number of rotatable bonds is 4. The third-order valence-corrected chi connectivity index (χ3v) is 4.81. The summed E-state index contributed by atoms with van der Waals surface area (Å²) >= 11 is 6.08. The Morgan fingerprint density at radius 3 is 2.85 bits per heavy atom. The van der Waals surface area contributed by atoms with E-state index in [0.29, 0.717) is 6.04 Å². The van der Waals surface area contributed by atoms with Crippen LogP contribution in [-0.4, -0.2) is 29.0 Å². The fourth-order valence-electron chi connectivity index (χ4n) is 3.40. The van der Waals surface area contributed by atoms with Crippen LogP contribution in [-0.2, 0) is 6.54 Å². The van der Waals surface area contributed by atoms with Gasteiger partial charge in [0, 0.05) is 54.2 Å². The Bertz CT molecular complexity index is 853. The van der Waals surface area contributed by atoms with Crippen molar-refractivity contribution in [3.05, 3.63) is 71.5 Å². The van der Waals surface area contributed by atoms with Gasteiger partial charge in [0.25, 0.3) is 0 Å². The van der Waals surface area contributed by atoms with Crippen molar-refractivity contribution in [2.45, 2.75) is 26.4 Å². The number of nitrogens with one attached hydrogen (secondary N) is 1. The van der Waals surface area contributed by atoms with E-state index in [0.717, 1.165) is 31.1 Å². The highest BCUT2D eigenvalue weighted by molar-refractivity contribution is 6.30. The van der Waals surface area contributed by atoms with Gasteiger partial charge < -0.3 is 5.32 Å². The molecule has 0 bridgehead atoms. The number of benzene rings is 2. The molecular weight excluding hydrogens is 365 g/mol. The highest BCUT2D eigenvalue weighted by atomic mass is 35.5. The van der Waals surface area contributed by atoms with Crippen LogP contribution < -0.4 is 5.32 Å². The number of anilines is 1. The van der Waals surface area contributed by atoms with Crippen molar-refractivity contribution in [3.63, 3.8) is 0 Å². The van der Waals surface area contributed by atoms with E-state index in [1.54, 1.807) is 0 Å². The van der Waals surface area contributed by atoms with Crippen LogP contribution in [0, 0.1) is 0 Å². The summed E-state index contributed by atoms with van der Waals surface area (Å²) in [6.45, 7) is 3.13. The third-order valence-electron chi connectivity index (χ3n) is 4.58. The van der Waals surface area contributed by atoms with Gasteiger partial charge in [-0.05, 0) is 47.7 Å². The maximum atomic E-state index is 6.08. The van der Waals surface area contributed by atoms with Gasteiger partial charge in [-0.1, -0.05) is 37.2 Å². The van der Waals surface area contributed by atoms with E-state index in [-0.39, 0.29) is 19.8 Å². The Kier molecular flexibility index (Phi) is 7.27. The molecule has 4 rings (SSSR count). The van der Waals surface area contributed by atoms with Crippen LogP contribution in [0.4, 0.5) is 5.69 Å². The van der Waals surface area contributed by atoms with Crippen LogP contribution in [0.25, 0.3) is 10.8 Å². The van der Waals surface area contributed by atoms with E-state index < -0.39 is 0 Å². The topological polar surface area (TPSA) is 28.2 Å². The molecule has 0 aliphatic carbocycles. The Labute approximate surface area is 166 Å². The quantitative estimate of drug-likeness (QED) is 0.626. The number of likely N-dealkylation sites (tertiary alicyclic amines) is 1. The van der Waals surface area contributed by atoms with Crippen molar-refractivity contribution >= 4 is 40.5 Å². The van der Waals surface area contributed by atoms with Crippen LogP contribution in [0.1, 0.15) is 19.4 Å². The van der Waals surface area contributed by atoms with E-state index in [1.165, 1.54) is 22.0 Å². The molecule has 1 fully saturated rings. The number of halogens is 2. The molecule has 1 saturated heterocycles. The van der Waals surface area contributed by atoms with Gasteiger partial charge in [0.15, 0.2) is 0 Å². The SMILES string of the molecule is C.Cl.Clc1cccc(CN2CC[C@@H](Nc3ccc4cnccc4c3)C2)c1. The van der Waals surface area contributed by atoms with Crippen molar-refractivity contribution in [3.8, 4) is 0 Å². The first kappa shape index (κ1) is 20.5. The van der Waals surface area contributed by atoms with Crippen LogP contribution in [0.5, 0.6) is 0 Å². The summed E-state index contributed by atoms with van der Waals surface area (Å²) < 4.78 is 0. The van der Waals surface area contributed by atoms with Crippen molar-refractivity contribution < 1.29 is 0 Å². The van der Waals surface area contributed by atoms with Crippen molar-refractivity contribution in [1.82, 2.24) is 9.88 Å². The molecule has 1 aliphatic rings. The van der Waals surface area contributed by atoms with E-state index in [2.05, 4.69) is 51.6 Å². The minimum absolute atomic E-state index is 0. The molecule has 3 aromatic rings. The largest absolute Gasteiger partial charge is 0.381 e. The number of hydrogen-bond donors (Lipinski definition) is 1. The summed E-state index contributed by atoms with van der Waals surface area (Å²) in [5, 5.41) is 6.89. The molecule has 0 amide bonds. The zero-order valence-electron chi connectivity index (χ0n) is 13.9. The lowest BCUT2D eigenvalue weighted by atomic mass is 10.1. The normalized spacial score (nSPS) is 16.7. The first-order valence-corrected chi connectivity index (χ1v) is 8.71. The second kappa shape index (κ2) is 9.22. The summed E-state index contributed by atoms with van der Waals surface area (Å²) in [4.78, 5) is 6.65. The summed E-state index contributed by atoms with van der Waals surface area (Å²) in [6.07, 6.45) is 4.91. The Morgan fingerprint density at radius 1 is 1.12 bits per heavy atom. The summed E-state index contributed by atoms with van der Waals surface area (Å²) in [6, 6.07) is 17.2. The van der Waals surface area contributed by atoms with Gasteiger partial charge in [0.2, 0.25) is 0 Å². The lowest BCUT2D eigenvalue weighted by molar-refractivity contribution is 0.328. The molecule has 2 aromatic carbocycles. The lowest BCUT2D eigenvalue weighted by Gasteiger charge is -2.18. The molecule has 0 radical (unpaired) electrons. The van der Waals surface area contributed by atoms with Gasteiger partial charge in [0.05, 0.1) is 0 Å². The summed E-state index contributed by atoms with van der Waals surface area (Å²) in [7, 11) is 0. The molecule has 0 unspecified atom stereocenters. The second-order valence-corrected chi connectivity index (χ2v) is 6.87. The van der Waals surface area contributed by atoms with Crippen LogP contribution >= 0.6 is 24.0 Å². The van der Waals surface area contributed by atoms with E-state index in [9.17, 15) is 0 Å². The maximum Gasteiger partial charge on any atom is 0.0409 e. The number of aromatic nitrogens is 1. The maximum absolute atomic E-state index is 6.08. The predicted octanol–water partition coefficient (Wildman–Crippen LogP) is 5.63. The molecule has 0 spiro atoms. The van der Waals surface area contributed by atoms with Gasteiger partial charge in [-0.3, -0.25) is 9.88 Å². The molecule has 5 heteroatoms. The molecule has 1 aliphatic heterocycles. The number of nitrogens with zero attached hydrogens (tertiary/aromatic N) is 2. The monoisotopic (exact) mass is 389 g/mol. The van der Waals surface area contributed by atoms with Gasteiger partial charge >= 0.3 is 0 Å². The first-order chi connectivity index (χ1) is 11.8. The standard InChI is InChI=1S/C20H20ClN3.CH4.ClH/c21-18-3-1-2-15(10-18)13-24-9-7-20(14-24)23-19-5-4-17-12-22-8-6-16(17)11-19;;/h1-6,8,10-12,20,23H,7,9,13-14H2;1H4;1H/t20-;;/m1../s1. The Balaban J connectivity index is 0.00000121. The van der Waals surface area contributed by atoms with E-state index in [1.807, 2.05) is 24.5 Å². The molecular formula is C21H25Cl2N3. The average Bonchev–Trinajstić information content (AvgIpc) is 3.02. The minimum Gasteiger partial charge on any atom is -0.381 e. The highest BCUT2D eigenvalue weighted by Gasteiger charge is 2.22. The highest BCUT2D eigenvalue weighted by Crippen LogP contribution is 2.22. The smallest absolute Gasteiger partial charge is 0.0409 e. The van der Waals surface area contributed by atoms with Crippen LogP contribution in [0.3, 0.4) is 0 Å². The molecule has 26 heavy (non-hydrogen) atoms. The molecule has 138 valence electrons. The van der Waals surface area contributed by atoms with Crippen molar-refractivity contribution in [2.24, 2.45) is 0 Å². The first-order valence-electron chi connectivity index (χ1n) is 8.33.